The third kappa shape index (κ3) is 2.41. The molecule has 3 nitrogen and oxygen atoms in total. The van der Waals surface area contributed by atoms with Crippen LogP contribution in [0.25, 0.3) is 22.3 Å². The van der Waals surface area contributed by atoms with Gasteiger partial charge in [-0.05, 0) is 30.3 Å². The van der Waals surface area contributed by atoms with E-state index in [9.17, 15) is 17.6 Å². The quantitative estimate of drug-likeness (QED) is 0.488. The number of aryl methyl sites for hydroxylation is 1. The van der Waals surface area contributed by atoms with E-state index < -0.39 is 17.6 Å². The predicted molar refractivity (Wildman–Crippen MR) is 73.9 cm³/mol. The van der Waals surface area contributed by atoms with Gasteiger partial charge in [-0.3, -0.25) is 0 Å². The molecule has 0 unspecified atom stereocenters. The Morgan fingerprint density at radius 1 is 1.14 bits per heavy atom. The molecule has 0 radical (unpaired) electrons. The average Bonchev–Trinajstić information content (AvgIpc) is 2.75. The van der Waals surface area contributed by atoms with Gasteiger partial charge in [0, 0.05) is 12.6 Å². The first kappa shape index (κ1) is 14.8. The maximum absolute atomic E-state index is 13.3. The predicted octanol–water partition coefficient (Wildman–Crippen LogP) is 4.45. The molecule has 2 aromatic heterocycles. The number of pyridine rings is 1. The molecule has 0 spiro atoms. The second-order valence-corrected chi connectivity index (χ2v) is 5.06. The Morgan fingerprint density at radius 3 is 2.36 bits per heavy atom. The van der Waals surface area contributed by atoms with Gasteiger partial charge in [0.2, 0.25) is 0 Å². The summed E-state index contributed by atoms with van der Waals surface area (Å²) in [5, 5.41) is 3.65. The van der Waals surface area contributed by atoms with Crippen LogP contribution in [0.1, 0.15) is 5.56 Å². The van der Waals surface area contributed by atoms with Gasteiger partial charge in [0.05, 0.1) is 10.9 Å². The van der Waals surface area contributed by atoms with Crippen molar-refractivity contribution in [3.05, 3.63) is 46.9 Å². The summed E-state index contributed by atoms with van der Waals surface area (Å²) in [6.07, 6.45) is -4.61. The number of alkyl halides is 3. The van der Waals surface area contributed by atoms with Crippen molar-refractivity contribution in [2.45, 2.75) is 6.18 Å². The zero-order valence-corrected chi connectivity index (χ0v) is 11.9. The molecule has 0 aliphatic heterocycles. The molecule has 114 valence electrons. The summed E-state index contributed by atoms with van der Waals surface area (Å²) in [6, 6.07) is 5.81. The second kappa shape index (κ2) is 4.95. The normalized spacial score (nSPS) is 12.1. The minimum Gasteiger partial charge on any atom is -0.250 e. The highest BCUT2D eigenvalue weighted by Gasteiger charge is 2.36. The van der Waals surface area contributed by atoms with Crippen molar-refractivity contribution in [1.82, 2.24) is 14.8 Å². The molecule has 8 heteroatoms. The lowest BCUT2D eigenvalue weighted by molar-refractivity contribution is -0.136. The number of aromatic nitrogens is 3. The third-order valence-electron chi connectivity index (χ3n) is 3.19. The molecular weight excluding hydrogens is 322 g/mol. The number of hydrogen-bond acceptors (Lipinski definition) is 2. The van der Waals surface area contributed by atoms with Gasteiger partial charge in [-0.1, -0.05) is 11.6 Å². The molecule has 0 aliphatic rings. The van der Waals surface area contributed by atoms with Crippen molar-refractivity contribution in [1.29, 1.82) is 0 Å². The Labute approximate surface area is 127 Å². The van der Waals surface area contributed by atoms with Crippen LogP contribution in [0.4, 0.5) is 17.6 Å². The van der Waals surface area contributed by atoms with Crippen LogP contribution in [0, 0.1) is 5.82 Å². The van der Waals surface area contributed by atoms with Crippen LogP contribution in [0.5, 0.6) is 0 Å². The molecule has 0 bridgehead atoms. The lowest BCUT2D eigenvalue weighted by atomic mass is 10.1. The number of hydrogen-bond donors (Lipinski definition) is 0. The zero-order valence-electron chi connectivity index (χ0n) is 11.1. The fourth-order valence-corrected chi connectivity index (χ4v) is 2.44. The molecule has 0 amide bonds. The van der Waals surface area contributed by atoms with E-state index in [1.165, 1.54) is 23.9 Å². The second-order valence-electron chi connectivity index (χ2n) is 4.67. The summed E-state index contributed by atoms with van der Waals surface area (Å²) < 4.78 is 54.1. The largest absolute Gasteiger partial charge is 0.417 e. The van der Waals surface area contributed by atoms with Crippen molar-refractivity contribution in [3.63, 3.8) is 0 Å². The fourth-order valence-electron chi connectivity index (χ4n) is 2.25. The van der Waals surface area contributed by atoms with Gasteiger partial charge < -0.3 is 0 Å². The van der Waals surface area contributed by atoms with Crippen LogP contribution >= 0.6 is 11.6 Å². The molecule has 0 saturated carbocycles. The summed E-state index contributed by atoms with van der Waals surface area (Å²) in [5.74, 6) is -0.485. The van der Waals surface area contributed by atoms with E-state index in [-0.39, 0.29) is 21.9 Å². The maximum Gasteiger partial charge on any atom is 0.417 e. The first-order chi connectivity index (χ1) is 10.3. The van der Waals surface area contributed by atoms with E-state index >= 15 is 0 Å². The molecule has 1 aromatic carbocycles. The van der Waals surface area contributed by atoms with Crippen LogP contribution in [0.3, 0.4) is 0 Å². The summed E-state index contributed by atoms with van der Waals surface area (Å²) in [4.78, 5) is 3.90. The maximum atomic E-state index is 13.3. The van der Waals surface area contributed by atoms with E-state index in [1.54, 1.807) is 0 Å². The molecule has 3 aromatic rings. The van der Waals surface area contributed by atoms with E-state index in [2.05, 4.69) is 10.1 Å². The highest BCUT2D eigenvalue weighted by Crippen LogP contribution is 2.39. The molecule has 0 fully saturated rings. The Hall–Kier alpha value is -2.15. The van der Waals surface area contributed by atoms with Gasteiger partial charge in [0.15, 0.2) is 5.65 Å². The SMILES string of the molecule is Cn1nc(-c2ccc(F)cc2)c2c(C(F)(F)F)cc(Cl)nc21. The molecule has 0 atom stereocenters. The van der Waals surface area contributed by atoms with Gasteiger partial charge in [-0.2, -0.15) is 18.3 Å². The number of rotatable bonds is 1. The Kier molecular flexibility index (Phi) is 3.32. The molecule has 0 aliphatic carbocycles. The van der Waals surface area contributed by atoms with Crippen LogP contribution in [0.15, 0.2) is 30.3 Å². The highest BCUT2D eigenvalue weighted by atomic mass is 35.5. The Balaban J connectivity index is 2.39. The zero-order chi connectivity index (χ0) is 16.1. The molecule has 2 heterocycles. The summed E-state index contributed by atoms with van der Waals surface area (Å²) >= 11 is 5.68. The van der Waals surface area contributed by atoms with E-state index in [0.717, 1.165) is 18.2 Å². The lowest BCUT2D eigenvalue weighted by Crippen LogP contribution is -2.07. The van der Waals surface area contributed by atoms with Gasteiger partial charge in [0.25, 0.3) is 0 Å². The Morgan fingerprint density at radius 2 is 1.77 bits per heavy atom. The lowest BCUT2D eigenvalue weighted by Gasteiger charge is -2.09. The van der Waals surface area contributed by atoms with Gasteiger partial charge in [-0.15, -0.1) is 0 Å². The van der Waals surface area contributed by atoms with Crippen molar-refractivity contribution < 1.29 is 17.6 Å². The van der Waals surface area contributed by atoms with Crippen molar-refractivity contribution in [2.75, 3.05) is 0 Å². The van der Waals surface area contributed by atoms with Gasteiger partial charge in [0.1, 0.15) is 16.7 Å². The van der Waals surface area contributed by atoms with Crippen LogP contribution in [-0.2, 0) is 13.2 Å². The van der Waals surface area contributed by atoms with E-state index in [0.29, 0.717) is 5.56 Å². The number of halogens is 5. The number of benzene rings is 1. The minimum atomic E-state index is -4.61. The first-order valence-electron chi connectivity index (χ1n) is 6.14. The Bertz CT molecular complexity index is 853. The van der Waals surface area contributed by atoms with Gasteiger partial charge >= 0.3 is 6.18 Å². The van der Waals surface area contributed by atoms with Crippen molar-refractivity contribution >= 4 is 22.6 Å². The van der Waals surface area contributed by atoms with Crippen LogP contribution in [-0.4, -0.2) is 14.8 Å². The third-order valence-corrected chi connectivity index (χ3v) is 3.38. The number of nitrogens with zero attached hydrogens (tertiary/aromatic N) is 3. The summed E-state index contributed by atoms with van der Waals surface area (Å²) in [7, 11) is 1.47. The molecule has 0 saturated heterocycles. The monoisotopic (exact) mass is 329 g/mol. The molecular formula is C14H8ClF4N3. The first-order valence-corrected chi connectivity index (χ1v) is 6.51. The highest BCUT2D eigenvalue weighted by molar-refractivity contribution is 6.30. The van der Waals surface area contributed by atoms with E-state index in [1.807, 2.05) is 0 Å². The molecule has 22 heavy (non-hydrogen) atoms. The average molecular weight is 330 g/mol. The van der Waals surface area contributed by atoms with Gasteiger partial charge in [-0.25, -0.2) is 14.1 Å². The van der Waals surface area contributed by atoms with E-state index in [4.69, 9.17) is 11.6 Å². The molecule has 3 rings (SSSR count). The summed E-state index contributed by atoms with van der Waals surface area (Å²) in [5.41, 5.74) is -0.468. The van der Waals surface area contributed by atoms with Crippen LogP contribution < -0.4 is 0 Å². The fraction of sp³-hybridized carbons (Fsp3) is 0.143. The molecule has 0 N–H and O–H groups in total. The summed E-state index contributed by atoms with van der Waals surface area (Å²) in [6.45, 7) is 0. The van der Waals surface area contributed by atoms with Crippen molar-refractivity contribution in [3.8, 4) is 11.3 Å². The standard InChI is InChI=1S/C14H8ClF4N3/c1-22-13-11(9(14(17,18)19)6-10(15)20-13)12(21-22)7-2-4-8(16)5-3-7/h2-6H,1H3. The number of fused-ring (bicyclic) bond motifs is 1. The van der Waals surface area contributed by atoms with Crippen molar-refractivity contribution in [2.24, 2.45) is 7.05 Å². The minimum absolute atomic E-state index is 0.0131. The smallest absolute Gasteiger partial charge is 0.250 e. The topological polar surface area (TPSA) is 30.7 Å². The van der Waals surface area contributed by atoms with Crippen LogP contribution in [0.2, 0.25) is 5.15 Å².